The number of hydrogen-bond donors (Lipinski definition) is 3. The molecule has 2 aromatic heterocycles. The minimum absolute atomic E-state index is 0.0310. The van der Waals surface area contributed by atoms with Crippen molar-refractivity contribution in [2.45, 2.75) is 58.7 Å². The second kappa shape index (κ2) is 9.75. The number of carbonyl (C=O) groups excluding carboxylic acids is 2. The molecule has 0 bridgehead atoms. The van der Waals surface area contributed by atoms with Gasteiger partial charge < -0.3 is 25.2 Å². The van der Waals surface area contributed by atoms with E-state index in [1.165, 1.54) is 6.20 Å². The Balaban J connectivity index is 1.70. The van der Waals surface area contributed by atoms with Gasteiger partial charge in [-0.2, -0.15) is 9.61 Å². The summed E-state index contributed by atoms with van der Waals surface area (Å²) in [7, 11) is 0. The van der Waals surface area contributed by atoms with Crippen molar-refractivity contribution in [2.24, 2.45) is 11.8 Å². The molecular formula is C23H33N5O6. The summed E-state index contributed by atoms with van der Waals surface area (Å²) in [6.07, 6.45) is 3.50. The average molecular weight is 476 g/mol. The molecule has 11 heteroatoms. The van der Waals surface area contributed by atoms with Crippen LogP contribution in [0.15, 0.2) is 11.0 Å². The van der Waals surface area contributed by atoms with Crippen LogP contribution in [-0.2, 0) is 22.5 Å². The quantitative estimate of drug-likeness (QED) is 0.494. The van der Waals surface area contributed by atoms with Crippen LogP contribution in [-0.4, -0.2) is 79.6 Å². The highest BCUT2D eigenvalue weighted by atomic mass is 16.5. The molecule has 1 unspecified atom stereocenters. The summed E-state index contributed by atoms with van der Waals surface area (Å²) in [5.74, 6) is -1.46. The highest BCUT2D eigenvalue weighted by Crippen LogP contribution is 2.26. The van der Waals surface area contributed by atoms with Crippen LogP contribution in [0.1, 0.15) is 49.5 Å². The minimum atomic E-state index is -0.690. The fourth-order valence-corrected chi connectivity index (χ4v) is 4.41. The SMILES string of the molecule is CC(C)Cn1c(O)c(C(=O)NC2CC2)c(=O)n2ncc(CC(C)C(=O)N3CCOC[C@@H]3CO)c12. The zero-order valence-electron chi connectivity index (χ0n) is 19.9. The number of amides is 2. The summed E-state index contributed by atoms with van der Waals surface area (Å²) in [6, 6.07) is -0.355. The molecule has 1 aliphatic carbocycles. The lowest BCUT2D eigenvalue weighted by Crippen LogP contribution is -2.52. The van der Waals surface area contributed by atoms with Gasteiger partial charge in [0.05, 0.1) is 32.1 Å². The highest BCUT2D eigenvalue weighted by molar-refractivity contribution is 5.96. The minimum Gasteiger partial charge on any atom is -0.494 e. The maximum atomic E-state index is 13.1. The summed E-state index contributed by atoms with van der Waals surface area (Å²) in [4.78, 5) is 40.6. The van der Waals surface area contributed by atoms with Crippen molar-refractivity contribution in [2.75, 3.05) is 26.4 Å². The van der Waals surface area contributed by atoms with Gasteiger partial charge >= 0.3 is 0 Å². The Labute approximate surface area is 197 Å². The molecule has 0 radical (unpaired) electrons. The van der Waals surface area contributed by atoms with Gasteiger partial charge in [-0.25, -0.2) is 0 Å². The number of aliphatic hydroxyl groups excluding tert-OH is 1. The largest absolute Gasteiger partial charge is 0.494 e. The first-order chi connectivity index (χ1) is 16.2. The molecule has 1 saturated heterocycles. The third kappa shape index (κ3) is 4.67. The Morgan fingerprint density at radius 2 is 2.03 bits per heavy atom. The predicted octanol–water partition coefficient (Wildman–Crippen LogP) is 0.148. The van der Waals surface area contributed by atoms with Gasteiger partial charge in [0.15, 0.2) is 5.56 Å². The molecular weight excluding hydrogens is 442 g/mol. The van der Waals surface area contributed by atoms with E-state index in [1.54, 1.807) is 16.4 Å². The molecule has 2 amide bonds. The second-order valence-corrected chi connectivity index (χ2v) is 9.71. The third-order valence-electron chi connectivity index (χ3n) is 6.31. The van der Waals surface area contributed by atoms with E-state index in [9.17, 15) is 24.6 Å². The lowest BCUT2D eigenvalue weighted by atomic mass is 10.00. The van der Waals surface area contributed by atoms with E-state index in [1.807, 2.05) is 13.8 Å². The number of nitrogens with zero attached hydrogens (tertiary/aromatic N) is 4. The number of carbonyl (C=O) groups is 2. The van der Waals surface area contributed by atoms with Gasteiger partial charge in [0.1, 0.15) is 5.65 Å². The molecule has 2 atom stereocenters. The molecule has 2 fully saturated rings. The van der Waals surface area contributed by atoms with Crippen LogP contribution in [0.2, 0.25) is 0 Å². The molecule has 2 aromatic rings. The van der Waals surface area contributed by atoms with Crippen molar-refractivity contribution in [1.82, 2.24) is 24.4 Å². The molecule has 1 saturated carbocycles. The first-order valence-corrected chi connectivity index (χ1v) is 11.8. The number of morpholine rings is 1. The predicted molar refractivity (Wildman–Crippen MR) is 123 cm³/mol. The van der Waals surface area contributed by atoms with Gasteiger partial charge in [0, 0.05) is 30.6 Å². The molecule has 186 valence electrons. The van der Waals surface area contributed by atoms with Crippen LogP contribution in [0.3, 0.4) is 0 Å². The molecule has 4 rings (SSSR count). The van der Waals surface area contributed by atoms with Gasteiger partial charge in [0.25, 0.3) is 11.5 Å². The topological polar surface area (TPSA) is 138 Å². The van der Waals surface area contributed by atoms with Crippen LogP contribution >= 0.6 is 0 Å². The number of aromatic hydroxyl groups is 1. The second-order valence-electron chi connectivity index (χ2n) is 9.71. The maximum absolute atomic E-state index is 13.1. The van der Waals surface area contributed by atoms with Gasteiger partial charge in [-0.3, -0.25) is 19.0 Å². The van der Waals surface area contributed by atoms with E-state index in [0.29, 0.717) is 37.5 Å². The summed E-state index contributed by atoms with van der Waals surface area (Å²) in [5.41, 5.74) is -0.0151. The standard InChI is InChI=1S/C23H33N5O6/c1-13(2)10-27-20-15(8-14(3)21(31)26-6-7-34-12-17(26)11-29)9-24-28(20)23(33)18(22(27)32)19(30)25-16-4-5-16/h9,13-14,16-17,29,32H,4-8,10-12H2,1-3H3,(H,25,30)/t14?,17-/m0/s1. The molecule has 1 aliphatic heterocycles. The van der Waals surface area contributed by atoms with E-state index in [-0.39, 0.29) is 42.5 Å². The Bertz CT molecular complexity index is 1140. The number of aliphatic hydroxyl groups is 1. The Hall–Kier alpha value is -2.92. The molecule has 3 N–H and O–H groups in total. The maximum Gasteiger partial charge on any atom is 0.291 e. The van der Waals surface area contributed by atoms with Crippen molar-refractivity contribution in [3.63, 3.8) is 0 Å². The zero-order chi connectivity index (χ0) is 24.6. The number of aromatic nitrogens is 3. The number of ether oxygens (including phenoxy) is 1. The van der Waals surface area contributed by atoms with E-state index in [0.717, 1.165) is 17.4 Å². The zero-order valence-corrected chi connectivity index (χ0v) is 19.9. The first kappa shape index (κ1) is 24.2. The Kier molecular flexibility index (Phi) is 6.94. The molecule has 0 spiro atoms. The number of hydrogen-bond acceptors (Lipinski definition) is 7. The van der Waals surface area contributed by atoms with Crippen molar-refractivity contribution in [1.29, 1.82) is 0 Å². The lowest BCUT2D eigenvalue weighted by molar-refractivity contribution is -0.145. The normalized spacial score (nSPS) is 19.6. The first-order valence-electron chi connectivity index (χ1n) is 11.8. The number of fused-ring (bicyclic) bond motifs is 1. The van der Waals surface area contributed by atoms with Gasteiger partial charge in [-0.1, -0.05) is 20.8 Å². The molecule has 11 nitrogen and oxygen atoms in total. The van der Waals surface area contributed by atoms with E-state index in [2.05, 4.69) is 10.4 Å². The van der Waals surface area contributed by atoms with Crippen molar-refractivity contribution < 1.29 is 24.5 Å². The van der Waals surface area contributed by atoms with Crippen LogP contribution < -0.4 is 10.9 Å². The fraction of sp³-hybridized carbons (Fsp3) is 0.652. The van der Waals surface area contributed by atoms with E-state index < -0.39 is 23.3 Å². The van der Waals surface area contributed by atoms with Crippen LogP contribution in [0.5, 0.6) is 5.88 Å². The van der Waals surface area contributed by atoms with Crippen molar-refractivity contribution in [3.05, 3.63) is 27.7 Å². The molecule has 2 aliphatic rings. The average Bonchev–Trinajstić information content (AvgIpc) is 3.52. The summed E-state index contributed by atoms with van der Waals surface area (Å²) in [6.45, 7) is 7.01. The molecule has 0 aromatic carbocycles. The van der Waals surface area contributed by atoms with E-state index in [4.69, 9.17) is 4.74 Å². The van der Waals surface area contributed by atoms with Crippen LogP contribution in [0.4, 0.5) is 0 Å². The summed E-state index contributed by atoms with van der Waals surface area (Å²) < 4.78 is 8.05. The van der Waals surface area contributed by atoms with E-state index >= 15 is 0 Å². The lowest BCUT2D eigenvalue weighted by Gasteiger charge is -2.36. The Morgan fingerprint density at radius 3 is 2.68 bits per heavy atom. The molecule has 3 heterocycles. The van der Waals surface area contributed by atoms with Crippen LogP contribution in [0.25, 0.3) is 5.65 Å². The smallest absolute Gasteiger partial charge is 0.291 e. The number of rotatable bonds is 8. The van der Waals surface area contributed by atoms with Crippen LogP contribution in [0, 0.1) is 11.8 Å². The fourth-order valence-electron chi connectivity index (χ4n) is 4.41. The summed E-state index contributed by atoms with van der Waals surface area (Å²) in [5, 5.41) is 27.6. The third-order valence-corrected chi connectivity index (χ3v) is 6.31. The van der Waals surface area contributed by atoms with Gasteiger partial charge in [-0.05, 0) is 25.2 Å². The van der Waals surface area contributed by atoms with Crippen molar-refractivity contribution in [3.8, 4) is 5.88 Å². The highest BCUT2D eigenvalue weighted by Gasteiger charge is 2.32. The molecule has 34 heavy (non-hydrogen) atoms. The van der Waals surface area contributed by atoms with Gasteiger partial charge in [0.2, 0.25) is 11.8 Å². The monoisotopic (exact) mass is 475 g/mol. The van der Waals surface area contributed by atoms with Crippen molar-refractivity contribution >= 4 is 17.5 Å². The Morgan fingerprint density at radius 1 is 1.29 bits per heavy atom. The van der Waals surface area contributed by atoms with Gasteiger partial charge in [-0.15, -0.1) is 0 Å². The summed E-state index contributed by atoms with van der Waals surface area (Å²) >= 11 is 0. The number of nitrogens with one attached hydrogen (secondary N) is 1.